The van der Waals surface area contributed by atoms with E-state index in [1.165, 1.54) is 0 Å². The topological polar surface area (TPSA) is 59.0 Å². The smallest absolute Gasteiger partial charge is 0.240 e. The molecule has 1 aliphatic rings. The number of amides is 1. The average molecular weight is 194 g/mol. The van der Waals surface area contributed by atoms with Crippen molar-refractivity contribution in [2.75, 3.05) is 13.1 Å². The summed E-state index contributed by atoms with van der Waals surface area (Å²) in [7, 11) is 0. The van der Waals surface area contributed by atoms with Crippen LogP contribution in [-0.2, 0) is 11.3 Å². The second kappa shape index (κ2) is 4.23. The molecule has 0 radical (unpaired) electrons. The van der Waals surface area contributed by atoms with E-state index in [1.54, 1.807) is 23.3 Å². The first-order chi connectivity index (χ1) is 6.84. The van der Waals surface area contributed by atoms with Gasteiger partial charge in [0.25, 0.3) is 0 Å². The van der Waals surface area contributed by atoms with E-state index in [0.29, 0.717) is 12.6 Å². The van der Waals surface area contributed by atoms with Crippen LogP contribution in [0.15, 0.2) is 18.7 Å². The number of hydrogen-bond donors (Lipinski definition) is 2. The predicted octanol–water partition coefficient (Wildman–Crippen LogP) is -0.639. The Bertz CT molecular complexity index is 290. The SMILES string of the molecule is O=C(Cn1ccnc1)N[C@@H]1CCNC1. The molecule has 0 aliphatic carbocycles. The Hall–Kier alpha value is -1.36. The summed E-state index contributed by atoms with van der Waals surface area (Å²) in [5.74, 6) is 0.0525. The van der Waals surface area contributed by atoms with E-state index >= 15 is 0 Å². The first kappa shape index (κ1) is 9.21. The molecule has 0 spiro atoms. The monoisotopic (exact) mass is 194 g/mol. The van der Waals surface area contributed by atoms with Gasteiger partial charge in [-0.2, -0.15) is 0 Å². The highest BCUT2D eigenvalue weighted by Gasteiger charge is 2.16. The summed E-state index contributed by atoms with van der Waals surface area (Å²) in [6, 6.07) is 0.297. The molecule has 0 unspecified atom stereocenters. The Morgan fingerprint density at radius 1 is 1.71 bits per heavy atom. The Morgan fingerprint density at radius 2 is 2.64 bits per heavy atom. The van der Waals surface area contributed by atoms with Gasteiger partial charge in [0.05, 0.1) is 6.33 Å². The highest BCUT2D eigenvalue weighted by Crippen LogP contribution is 1.97. The van der Waals surface area contributed by atoms with E-state index in [1.807, 2.05) is 0 Å². The van der Waals surface area contributed by atoms with Crippen molar-refractivity contribution < 1.29 is 4.79 Å². The summed E-state index contributed by atoms with van der Waals surface area (Å²) in [5, 5.41) is 6.17. The van der Waals surface area contributed by atoms with Crippen molar-refractivity contribution in [3.8, 4) is 0 Å². The van der Waals surface area contributed by atoms with Crippen molar-refractivity contribution in [1.82, 2.24) is 20.2 Å². The first-order valence-electron chi connectivity index (χ1n) is 4.80. The molecule has 0 saturated carbocycles. The molecule has 1 aromatic heterocycles. The van der Waals surface area contributed by atoms with Crippen LogP contribution in [0.3, 0.4) is 0 Å². The van der Waals surface area contributed by atoms with Gasteiger partial charge in [-0.05, 0) is 13.0 Å². The quantitative estimate of drug-likeness (QED) is 0.673. The van der Waals surface area contributed by atoms with Crippen molar-refractivity contribution in [2.45, 2.75) is 19.0 Å². The lowest BCUT2D eigenvalue weighted by molar-refractivity contribution is -0.122. The largest absolute Gasteiger partial charge is 0.350 e. The molecular formula is C9H14N4O. The molecule has 1 amide bonds. The maximum Gasteiger partial charge on any atom is 0.240 e. The third-order valence-electron chi connectivity index (χ3n) is 2.31. The maximum absolute atomic E-state index is 11.5. The first-order valence-corrected chi connectivity index (χ1v) is 4.80. The molecule has 5 heteroatoms. The summed E-state index contributed by atoms with van der Waals surface area (Å²) in [4.78, 5) is 15.4. The molecule has 2 heterocycles. The molecule has 76 valence electrons. The summed E-state index contributed by atoms with van der Waals surface area (Å²) < 4.78 is 1.76. The molecule has 2 rings (SSSR count). The minimum absolute atomic E-state index is 0.0525. The van der Waals surface area contributed by atoms with E-state index in [4.69, 9.17) is 0 Å². The number of imidazole rings is 1. The third-order valence-corrected chi connectivity index (χ3v) is 2.31. The molecule has 2 N–H and O–H groups in total. The summed E-state index contributed by atoms with van der Waals surface area (Å²) in [6.07, 6.45) is 6.12. The molecule has 14 heavy (non-hydrogen) atoms. The lowest BCUT2D eigenvalue weighted by Gasteiger charge is -2.11. The van der Waals surface area contributed by atoms with Gasteiger partial charge in [-0.25, -0.2) is 4.98 Å². The van der Waals surface area contributed by atoms with Crippen LogP contribution in [0, 0.1) is 0 Å². The normalized spacial score (nSPS) is 21.0. The number of carbonyl (C=O) groups excluding carboxylic acids is 1. The van der Waals surface area contributed by atoms with Crippen LogP contribution < -0.4 is 10.6 Å². The molecule has 5 nitrogen and oxygen atoms in total. The van der Waals surface area contributed by atoms with Crippen molar-refractivity contribution >= 4 is 5.91 Å². The number of nitrogens with one attached hydrogen (secondary N) is 2. The lowest BCUT2D eigenvalue weighted by atomic mass is 10.2. The molecule has 1 atom stereocenters. The summed E-state index contributed by atoms with van der Waals surface area (Å²) in [6.45, 7) is 2.24. The van der Waals surface area contributed by atoms with Gasteiger partial charge >= 0.3 is 0 Å². The molecule has 1 aliphatic heterocycles. The van der Waals surface area contributed by atoms with Crippen LogP contribution in [0.4, 0.5) is 0 Å². The fourth-order valence-corrected chi connectivity index (χ4v) is 1.60. The maximum atomic E-state index is 11.5. The second-order valence-corrected chi connectivity index (χ2v) is 3.49. The summed E-state index contributed by atoms with van der Waals surface area (Å²) >= 11 is 0. The van der Waals surface area contributed by atoms with Crippen molar-refractivity contribution in [3.05, 3.63) is 18.7 Å². The zero-order valence-corrected chi connectivity index (χ0v) is 7.94. The van der Waals surface area contributed by atoms with Gasteiger partial charge in [-0.3, -0.25) is 4.79 Å². The van der Waals surface area contributed by atoms with Gasteiger partial charge in [-0.15, -0.1) is 0 Å². The minimum Gasteiger partial charge on any atom is -0.350 e. The second-order valence-electron chi connectivity index (χ2n) is 3.49. The average Bonchev–Trinajstić information content (AvgIpc) is 2.76. The number of aromatic nitrogens is 2. The molecule has 1 aromatic rings. The number of hydrogen-bond acceptors (Lipinski definition) is 3. The van der Waals surface area contributed by atoms with Crippen LogP contribution >= 0.6 is 0 Å². The molecular weight excluding hydrogens is 180 g/mol. The Morgan fingerprint density at radius 3 is 3.29 bits per heavy atom. The van der Waals surface area contributed by atoms with Crippen molar-refractivity contribution in [1.29, 1.82) is 0 Å². The van der Waals surface area contributed by atoms with E-state index < -0.39 is 0 Å². The highest BCUT2D eigenvalue weighted by molar-refractivity contribution is 5.76. The summed E-state index contributed by atoms with van der Waals surface area (Å²) in [5.41, 5.74) is 0. The van der Waals surface area contributed by atoms with E-state index in [2.05, 4.69) is 15.6 Å². The Labute approximate surface area is 82.5 Å². The van der Waals surface area contributed by atoms with Crippen LogP contribution in [0.5, 0.6) is 0 Å². The number of carbonyl (C=O) groups is 1. The van der Waals surface area contributed by atoms with Gasteiger partial charge in [0.2, 0.25) is 5.91 Å². The number of nitrogens with zero attached hydrogens (tertiary/aromatic N) is 2. The molecule has 0 aromatic carbocycles. The predicted molar refractivity (Wildman–Crippen MR) is 51.6 cm³/mol. The van der Waals surface area contributed by atoms with Crippen LogP contribution in [0.1, 0.15) is 6.42 Å². The fraction of sp³-hybridized carbons (Fsp3) is 0.556. The zero-order chi connectivity index (χ0) is 9.80. The van der Waals surface area contributed by atoms with Gasteiger partial charge in [0.15, 0.2) is 0 Å². The van der Waals surface area contributed by atoms with Crippen LogP contribution in [-0.4, -0.2) is 34.6 Å². The third kappa shape index (κ3) is 2.32. The minimum atomic E-state index is 0.0525. The molecule has 1 fully saturated rings. The molecule has 1 saturated heterocycles. The number of rotatable bonds is 3. The standard InChI is InChI=1S/C9H14N4O/c14-9(6-13-4-3-11-7-13)12-8-1-2-10-5-8/h3-4,7-8,10H,1-2,5-6H2,(H,12,14)/t8-/m1/s1. The van der Waals surface area contributed by atoms with E-state index in [0.717, 1.165) is 19.5 Å². The fourth-order valence-electron chi connectivity index (χ4n) is 1.60. The van der Waals surface area contributed by atoms with E-state index in [-0.39, 0.29) is 5.91 Å². The van der Waals surface area contributed by atoms with Gasteiger partial charge < -0.3 is 15.2 Å². The van der Waals surface area contributed by atoms with Crippen LogP contribution in [0.2, 0.25) is 0 Å². The zero-order valence-electron chi connectivity index (χ0n) is 7.94. The van der Waals surface area contributed by atoms with Gasteiger partial charge in [0, 0.05) is 25.0 Å². The van der Waals surface area contributed by atoms with Crippen LogP contribution in [0.25, 0.3) is 0 Å². The Balaban J connectivity index is 1.78. The van der Waals surface area contributed by atoms with Gasteiger partial charge in [0.1, 0.15) is 6.54 Å². The van der Waals surface area contributed by atoms with Crippen molar-refractivity contribution in [2.24, 2.45) is 0 Å². The van der Waals surface area contributed by atoms with E-state index in [9.17, 15) is 4.79 Å². The highest BCUT2D eigenvalue weighted by atomic mass is 16.2. The molecule has 0 bridgehead atoms. The Kier molecular flexibility index (Phi) is 2.78. The lowest BCUT2D eigenvalue weighted by Crippen LogP contribution is -2.38. The van der Waals surface area contributed by atoms with Crippen molar-refractivity contribution in [3.63, 3.8) is 0 Å². The van der Waals surface area contributed by atoms with Gasteiger partial charge in [-0.1, -0.05) is 0 Å².